The number of halogens is 1. The van der Waals surface area contributed by atoms with Crippen molar-refractivity contribution < 1.29 is 18.8 Å². The molecule has 0 amide bonds. The van der Waals surface area contributed by atoms with E-state index in [0.29, 0.717) is 6.29 Å². The molecule has 0 aliphatic heterocycles. The van der Waals surface area contributed by atoms with Crippen LogP contribution >= 0.6 is 0 Å². The molecule has 5 nitrogen and oxygen atoms in total. The predicted octanol–water partition coefficient (Wildman–Crippen LogP) is 3.65. The molecule has 0 saturated heterocycles. The van der Waals surface area contributed by atoms with E-state index in [-0.39, 0.29) is 22.7 Å². The Balaban J connectivity index is 2.40. The molecule has 0 spiro atoms. The lowest BCUT2D eigenvalue weighted by Gasteiger charge is -2.09. The highest BCUT2D eigenvalue weighted by Crippen LogP contribution is 2.29. The summed E-state index contributed by atoms with van der Waals surface area (Å²) < 4.78 is 18.9. The molecule has 0 unspecified atom stereocenters. The second-order valence-electron chi connectivity index (χ2n) is 4.13. The Morgan fingerprint density at radius 2 is 1.95 bits per heavy atom. The molecule has 20 heavy (non-hydrogen) atoms. The lowest BCUT2D eigenvalue weighted by atomic mass is 10.2. The van der Waals surface area contributed by atoms with Crippen LogP contribution in [0.3, 0.4) is 0 Å². The molecule has 0 heterocycles. The zero-order valence-corrected chi connectivity index (χ0v) is 10.5. The van der Waals surface area contributed by atoms with Crippen LogP contribution in [0.2, 0.25) is 0 Å². The van der Waals surface area contributed by atoms with Crippen LogP contribution in [0.4, 0.5) is 10.1 Å². The quantitative estimate of drug-likeness (QED) is 0.485. The molecule has 0 radical (unpaired) electrons. The summed E-state index contributed by atoms with van der Waals surface area (Å²) in [5, 5.41) is 10.6. The molecule has 0 N–H and O–H groups in total. The molecule has 2 aromatic carbocycles. The van der Waals surface area contributed by atoms with Crippen molar-refractivity contribution in [3.05, 3.63) is 63.5 Å². The Labute approximate surface area is 113 Å². The summed E-state index contributed by atoms with van der Waals surface area (Å²) in [5.41, 5.74) is 0.542. The minimum absolute atomic E-state index is 0.0138. The third kappa shape index (κ3) is 2.80. The maximum absolute atomic E-state index is 13.6. The summed E-state index contributed by atoms with van der Waals surface area (Å²) in [7, 11) is 0. The van der Waals surface area contributed by atoms with Gasteiger partial charge in [0, 0.05) is 12.1 Å². The van der Waals surface area contributed by atoms with Crippen molar-refractivity contribution in [1.29, 1.82) is 0 Å². The topological polar surface area (TPSA) is 69.4 Å². The van der Waals surface area contributed by atoms with Crippen LogP contribution in [0, 0.1) is 22.9 Å². The third-order valence-electron chi connectivity index (χ3n) is 2.64. The van der Waals surface area contributed by atoms with E-state index in [4.69, 9.17) is 4.74 Å². The van der Waals surface area contributed by atoms with E-state index in [1.54, 1.807) is 13.0 Å². The number of nitro groups is 1. The number of ether oxygens (including phenoxy) is 1. The van der Waals surface area contributed by atoms with Crippen LogP contribution in [0.5, 0.6) is 11.5 Å². The first-order valence-corrected chi connectivity index (χ1v) is 5.69. The zero-order valence-electron chi connectivity index (χ0n) is 10.5. The van der Waals surface area contributed by atoms with Crippen LogP contribution in [-0.4, -0.2) is 11.2 Å². The average Bonchev–Trinajstić information content (AvgIpc) is 2.43. The Morgan fingerprint density at radius 3 is 2.60 bits per heavy atom. The number of nitrogens with zero attached hydrogens (tertiary/aromatic N) is 1. The standard InChI is InChI=1S/C14H10FNO4/c1-9-2-4-12(15)14(6-9)20-13-5-3-11(16(18)19)7-10(13)8-17/h2-8H,1H3. The van der Waals surface area contributed by atoms with Gasteiger partial charge in [0.2, 0.25) is 0 Å². The normalized spacial score (nSPS) is 10.1. The average molecular weight is 275 g/mol. The SMILES string of the molecule is Cc1ccc(F)c(Oc2ccc([N+](=O)[O-])cc2C=O)c1. The van der Waals surface area contributed by atoms with Crippen LogP contribution in [0.25, 0.3) is 0 Å². The number of hydrogen-bond donors (Lipinski definition) is 0. The minimum Gasteiger partial charge on any atom is -0.454 e. The number of rotatable bonds is 4. The highest BCUT2D eigenvalue weighted by molar-refractivity contribution is 5.80. The first kappa shape index (κ1) is 13.7. The van der Waals surface area contributed by atoms with Gasteiger partial charge in [0.05, 0.1) is 10.5 Å². The van der Waals surface area contributed by atoms with E-state index in [9.17, 15) is 19.3 Å². The van der Waals surface area contributed by atoms with Gasteiger partial charge in [-0.05, 0) is 30.7 Å². The monoisotopic (exact) mass is 275 g/mol. The first-order valence-electron chi connectivity index (χ1n) is 5.69. The molecule has 0 atom stereocenters. The van der Waals surface area contributed by atoms with Gasteiger partial charge in [-0.1, -0.05) is 6.07 Å². The fourth-order valence-corrected chi connectivity index (χ4v) is 1.64. The van der Waals surface area contributed by atoms with E-state index >= 15 is 0 Å². The fraction of sp³-hybridized carbons (Fsp3) is 0.0714. The molecule has 0 saturated carbocycles. The van der Waals surface area contributed by atoms with Gasteiger partial charge in [0.1, 0.15) is 5.75 Å². The summed E-state index contributed by atoms with van der Waals surface area (Å²) in [6, 6.07) is 7.84. The lowest BCUT2D eigenvalue weighted by molar-refractivity contribution is -0.384. The summed E-state index contributed by atoms with van der Waals surface area (Å²) in [4.78, 5) is 21.0. The van der Waals surface area contributed by atoms with Gasteiger partial charge < -0.3 is 4.74 Å². The molecule has 6 heteroatoms. The Morgan fingerprint density at radius 1 is 1.20 bits per heavy atom. The van der Waals surface area contributed by atoms with Crippen molar-refractivity contribution in [3.63, 3.8) is 0 Å². The van der Waals surface area contributed by atoms with E-state index in [1.807, 2.05) is 0 Å². The number of aryl methyl sites for hydroxylation is 1. The van der Waals surface area contributed by atoms with Crippen molar-refractivity contribution in [2.24, 2.45) is 0 Å². The van der Waals surface area contributed by atoms with E-state index in [0.717, 1.165) is 11.6 Å². The van der Waals surface area contributed by atoms with Crippen LogP contribution in [0.15, 0.2) is 36.4 Å². The number of hydrogen-bond acceptors (Lipinski definition) is 4. The maximum Gasteiger partial charge on any atom is 0.270 e. The minimum atomic E-state index is -0.621. The zero-order chi connectivity index (χ0) is 14.7. The number of non-ortho nitro benzene ring substituents is 1. The maximum atomic E-state index is 13.6. The molecule has 2 rings (SSSR count). The summed E-state index contributed by atoms with van der Waals surface area (Å²) in [6.45, 7) is 1.77. The fourth-order valence-electron chi connectivity index (χ4n) is 1.64. The second kappa shape index (κ2) is 5.48. The van der Waals surface area contributed by atoms with Gasteiger partial charge in [-0.15, -0.1) is 0 Å². The van der Waals surface area contributed by atoms with E-state index in [1.165, 1.54) is 24.3 Å². The molecular weight excluding hydrogens is 265 g/mol. The molecule has 0 aliphatic rings. The summed E-state index contributed by atoms with van der Waals surface area (Å²) in [5.74, 6) is -0.553. The number of nitro benzene ring substituents is 1. The Kier molecular flexibility index (Phi) is 3.74. The van der Waals surface area contributed by atoms with Crippen LogP contribution < -0.4 is 4.74 Å². The van der Waals surface area contributed by atoms with Crippen molar-refractivity contribution in [3.8, 4) is 11.5 Å². The largest absolute Gasteiger partial charge is 0.454 e. The van der Waals surface area contributed by atoms with Crippen molar-refractivity contribution in [2.75, 3.05) is 0 Å². The predicted molar refractivity (Wildman–Crippen MR) is 69.7 cm³/mol. The van der Waals surface area contributed by atoms with Crippen molar-refractivity contribution in [2.45, 2.75) is 6.92 Å². The van der Waals surface area contributed by atoms with Gasteiger partial charge in [-0.2, -0.15) is 0 Å². The lowest BCUT2D eigenvalue weighted by Crippen LogP contribution is -1.95. The number of benzene rings is 2. The van der Waals surface area contributed by atoms with Gasteiger partial charge in [-0.3, -0.25) is 14.9 Å². The number of carbonyl (C=O) groups excluding carboxylic acids is 1. The molecule has 102 valence electrons. The second-order valence-corrected chi connectivity index (χ2v) is 4.13. The highest BCUT2D eigenvalue weighted by atomic mass is 19.1. The van der Waals surface area contributed by atoms with Gasteiger partial charge in [0.25, 0.3) is 5.69 Å². The number of aldehydes is 1. The number of carbonyl (C=O) groups is 1. The van der Waals surface area contributed by atoms with Crippen molar-refractivity contribution in [1.82, 2.24) is 0 Å². The van der Waals surface area contributed by atoms with Crippen LogP contribution in [0.1, 0.15) is 15.9 Å². The van der Waals surface area contributed by atoms with Crippen molar-refractivity contribution >= 4 is 12.0 Å². The Hall–Kier alpha value is -2.76. The molecular formula is C14H10FNO4. The first-order chi connectivity index (χ1) is 9.51. The smallest absolute Gasteiger partial charge is 0.270 e. The molecule has 2 aromatic rings. The van der Waals surface area contributed by atoms with Gasteiger partial charge >= 0.3 is 0 Å². The van der Waals surface area contributed by atoms with Gasteiger partial charge in [-0.25, -0.2) is 4.39 Å². The third-order valence-corrected chi connectivity index (χ3v) is 2.64. The van der Waals surface area contributed by atoms with E-state index in [2.05, 4.69) is 0 Å². The van der Waals surface area contributed by atoms with Crippen LogP contribution in [-0.2, 0) is 0 Å². The van der Waals surface area contributed by atoms with E-state index < -0.39 is 10.7 Å². The highest BCUT2D eigenvalue weighted by Gasteiger charge is 2.13. The molecule has 0 fully saturated rings. The Bertz CT molecular complexity index is 685. The molecule has 0 aromatic heterocycles. The molecule has 0 bridgehead atoms. The molecule has 0 aliphatic carbocycles. The van der Waals surface area contributed by atoms with Gasteiger partial charge in [0.15, 0.2) is 17.9 Å². The summed E-state index contributed by atoms with van der Waals surface area (Å²) in [6.07, 6.45) is 0.427. The summed E-state index contributed by atoms with van der Waals surface area (Å²) >= 11 is 0.